The van der Waals surface area contributed by atoms with Crippen LogP contribution >= 0.6 is 11.3 Å². The maximum absolute atomic E-state index is 12.6. The standard InChI is InChI=1S/C14H24N2O2S2/c1-4-11(2)10-16(3)20(17,18)14-7-8-19-13(14)9-15-12-5-6-12/h7-8,11-12,15H,4-6,9-10H2,1-3H3. The third kappa shape index (κ3) is 3.81. The molecular weight excluding hydrogens is 292 g/mol. The zero-order valence-corrected chi connectivity index (χ0v) is 14.1. The van der Waals surface area contributed by atoms with Crippen molar-refractivity contribution in [3.05, 3.63) is 16.3 Å². The second kappa shape index (κ2) is 6.56. The van der Waals surface area contributed by atoms with E-state index in [1.54, 1.807) is 13.1 Å². The van der Waals surface area contributed by atoms with Crippen molar-refractivity contribution in [1.29, 1.82) is 0 Å². The summed E-state index contributed by atoms with van der Waals surface area (Å²) in [6.45, 7) is 5.40. The fourth-order valence-electron chi connectivity index (χ4n) is 2.05. The molecule has 0 radical (unpaired) electrons. The van der Waals surface area contributed by atoms with E-state index in [0.29, 0.717) is 29.9 Å². The summed E-state index contributed by atoms with van der Waals surface area (Å²) in [4.78, 5) is 1.40. The number of hydrogen-bond donors (Lipinski definition) is 1. The fourth-order valence-corrected chi connectivity index (χ4v) is 4.70. The Labute approximate surface area is 126 Å². The van der Waals surface area contributed by atoms with Crippen LogP contribution in [0.15, 0.2) is 16.3 Å². The molecule has 114 valence electrons. The molecule has 1 saturated carbocycles. The molecule has 1 N–H and O–H groups in total. The van der Waals surface area contributed by atoms with Gasteiger partial charge in [-0.15, -0.1) is 11.3 Å². The Morgan fingerprint density at radius 3 is 2.80 bits per heavy atom. The van der Waals surface area contributed by atoms with E-state index in [1.807, 2.05) is 5.38 Å². The van der Waals surface area contributed by atoms with Crippen LogP contribution in [-0.2, 0) is 16.6 Å². The Hall–Kier alpha value is -0.430. The summed E-state index contributed by atoms with van der Waals surface area (Å²) >= 11 is 1.52. The van der Waals surface area contributed by atoms with Gasteiger partial charge in [0, 0.05) is 31.1 Å². The minimum atomic E-state index is -3.36. The molecule has 0 spiro atoms. The molecule has 1 aliphatic rings. The van der Waals surface area contributed by atoms with Gasteiger partial charge < -0.3 is 5.32 Å². The van der Waals surface area contributed by atoms with Crippen molar-refractivity contribution >= 4 is 21.4 Å². The summed E-state index contributed by atoms with van der Waals surface area (Å²) < 4.78 is 26.8. The highest BCUT2D eigenvalue weighted by Gasteiger charge is 2.27. The van der Waals surface area contributed by atoms with Gasteiger partial charge in [-0.2, -0.15) is 0 Å². The van der Waals surface area contributed by atoms with Crippen LogP contribution in [0.25, 0.3) is 0 Å². The summed E-state index contributed by atoms with van der Waals surface area (Å²) in [5.74, 6) is 0.376. The van der Waals surface area contributed by atoms with Crippen LogP contribution in [-0.4, -0.2) is 32.4 Å². The highest BCUT2D eigenvalue weighted by atomic mass is 32.2. The van der Waals surface area contributed by atoms with Crippen molar-refractivity contribution in [3.63, 3.8) is 0 Å². The van der Waals surface area contributed by atoms with E-state index in [9.17, 15) is 8.42 Å². The quantitative estimate of drug-likeness (QED) is 0.802. The molecule has 1 fully saturated rings. The van der Waals surface area contributed by atoms with Gasteiger partial charge in [0.25, 0.3) is 0 Å². The number of nitrogens with zero attached hydrogens (tertiary/aromatic N) is 1. The van der Waals surface area contributed by atoms with Crippen molar-refractivity contribution in [2.24, 2.45) is 5.92 Å². The molecule has 2 rings (SSSR count). The van der Waals surface area contributed by atoms with Gasteiger partial charge in [0.15, 0.2) is 0 Å². The average Bonchev–Trinajstić information content (AvgIpc) is 3.12. The SMILES string of the molecule is CCC(C)CN(C)S(=O)(=O)c1ccsc1CNC1CC1. The summed E-state index contributed by atoms with van der Waals surface area (Å²) in [6, 6.07) is 2.32. The van der Waals surface area contributed by atoms with Gasteiger partial charge in [-0.25, -0.2) is 12.7 Å². The summed E-state index contributed by atoms with van der Waals surface area (Å²) in [7, 11) is -1.68. The molecule has 0 amide bonds. The monoisotopic (exact) mass is 316 g/mol. The molecule has 0 aliphatic heterocycles. The third-order valence-electron chi connectivity index (χ3n) is 3.79. The minimum absolute atomic E-state index is 0.376. The van der Waals surface area contributed by atoms with E-state index in [0.717, 1.165) is 11.3 Å². The van der Waals surface area contributed by atoms with Crippen LogP contribution in [0.3, 0.4) is 0 Å². The van der Waals surface area contributed by atoms with E-state index in [4.69, 9.17) is 0 Å². The topological polar surface area (TPSA) is 49.4 Å². The summed E-state index contributed by atoms with van der Waals surface area (Å²) in [6.07, 6.45) is 3.41. The van der Waals surface area contributed by atoms with Crippen molar-refractivity contribution in [1.82, 2.24) is 9.62 Å². The molecule has 0 aromatic carbocycles. The van der Waals surface area contributed by atoms with Gasteiger partial charge in [0.1, 0.15) is 0 Å². The van der Waals surface area contributed by atoms with Gasteiger partial charge in [-0.05, 0) is 30.2 Å². The molecule has 4 nitrogen and oxygen atoms in total. The van der Waals surface area contributed by atoms with E-state index in [-0.39, 0.29) is 0 Å². The smallest absolute Gasteiger partial charge is 0.243 e. The van der Waals surface area contributed by atoms with Crippen LogP contribution in [0.1, 0.15) is 38.0 Å². The predicted octanol–water partition coefficient (Wildman–Crippen LogP) is 2.67. The van der Waals surface area contributed by atoms with Crippen molar-refractivity contribution in [2.75, 3.05) is 13.6 Å². The Balaban J connectivity index is 2.09. The van der Waals surface area contributed by atoms with Gasteiger partial charge in [0.2, 0.25) is 10.0 Å². The van der Waals surface area contributed by atoms with Crippen LogP contribution in [0, 0.1) is 5.92 Å². The second-order valence-electron chi connectivity index (χ2n) is 5.66. The summed E-state index contributed by atoms with van der Waals surface area (Å²) in [5, 5.41) is 5.26. The molecule has 20 heavy (non-hydrogen) atoms. The van der Waals surface area contributed by atoms with Gasteiger partial charge in [0.05, 0.1) is 4.90 Å². The predicted molar refractivity (Wildman–Crippen MR) is 83.5 cm³/mol. The normalized spacial score (nSPS) is 17.6. The van der Waals surface area contributed by atoms with Crippen molar-refractivity contribution in [2.45, 2.75) is 50.6 Å². The highest BCUT2D eigenvalue weighted by Crippen LogP contribution is 2.27. The number of rotatable bonds is 8. The largest absolute Gasteiger partial charge is 0.309 e. The molecule has 0 saturated heterocycles. The summed E-state index contributed by atoms with van der Waals surface area (Å²) in [5.41, 5.74) is 0. The second-order valence-corrected chi connectivity index (χ2v) is 8.68. The Bertz CT molecular complexity index is 535. The molecular formula is C14H24N2O2S2. The Kier molecular flexibility index (Phi) is 5.23. The zero-order valence-electron chi connectivity index (χ0n) is 12.4. The van der Waals surface area contributed by atoms with Gasteiger partial charge in [-0.1, -0.05) is 20.3 Å². The van der Waals surface area contributed by atoms with Crippen LogP contribution in [0.2, 0.25) is 0 Å². The number of hydrogen-bond acceptors (Lipinski definition) is 4. The lowest BCUT2D eigenvalue weighted by Gasteiger charge is -2.20. The van der Waals surface area contributed by atoms with Crippen LogP contribution < -0.4 is 5.32 Å². The molecule has 1 atom stereocenters. The maximum atomic E-state index is 12.6. The molecule has 1 aromatic rings. The number of thiophene rings is 1. The van der Waals surface area contributed by atoms with Crippen molar-refractivity contribution < 1.29 is 8.42 Å². The van der Waals surface area contributed by atoms with Gasteiger partial charge >= 0.3 is 0 Å². The first-order chi connectivity index (χ1) is 9.45. The number of nitrogens with one attached hydrogen (secondary N) is 1. The molecule has 6 heteroatoms. The van der Waals surface area contributed by atoms with Crippen LogP contribution in [0.4, 0.5) is 0 Å². The first-order valence-corrected chi connectivity index (χ1v) is 9.53. The first-order valence-electron chi connectivity index (χ1n) is 7.21. The van der Waals surface area contributed by atoms with Gasteiger partial charge in [-0.3, -0.25) is 0 Å². The van der Waals surface area contributed by atoms with E-state index in [2.05, 4.69) is 19.2 Å². The first kappa shape index (κ1) is 15.9. The molecule has 1 heterocycles. The third-order valence-corrected chi connectivity index (χ3v) is 6.75. The number of sulfonamides is 1. The van der Waals surface area contributed by atoms with E-state index >= 15 is 0 Å². The maximum Gasteiger partial charge on any atom is 0.243 e. The van der Waals surface area contributed by atoms with E-state index in [1.165, 1.54) is 28.5 Å². The van der Waals surface area contributed by atoms with E-state index < -0.39 is 10.0 Å². The highest BCUT2D eigenvalue weighted by molar-refractivity contribution is 7.89. The molecule has 0 bridgehead atoms. The molecule has 1 aliphatic carbocycles. The average molecular weight is 316 g/mol. The molecule has 1 unspecified atom stereocenters. The Morgan fingerprint density at radius 2 is 2.20 bits per heavy atom. The van der Waals surface area contributed by atoms with Crippen LogP contribution in [0.5, 0.6) is 0 Å². The fraction of sp³-hybridized carbons (Fsp3) is 0.714. The lowest BCUT2D eigenvalue weighted by Crippen LogP contribution is -2.31. The zero-order chi connectivity index (χ0) is 14.8. The Morgan fingerprint density at radius 1 is 1.50 bits per heavy atom. The lowest BCUT2D eigenvalue weighted by atomic mass is 10.1. The van der Waals surface area contributed by atoms with Crippen molar-refractivity contribution in [3.8, 4) is 0 Å². The lowest BCUT2D eigenvalue weighted by molar-refractivity contribution is 0.393. The molecule has 1 aromatic heterocycles. The minimum Gasteiger partial charge on any atom is -0.309 e.